The summed E-state index contributed by atoms with van der Waals surface area (Å²) in [5.74, 6) is -0.106. The van der Waals surface area contributed by atoms with Gasteiger partial charge in [-0.3, -0.25) is 0 Å². The molecule has 4 nitrogen and oxygen atoms in total. The van der Waals surface area contributed by atoms with Crippen molar-refractivity contribution in [1.82, 2.24) is 5.32 Å². The highest BCUT2D eigenvalue weighted by Crippen LogP contribution is 2.06. The van der Waals surface area contributed by atoms with Gasteiger partial charge in [0.25, 0.3) is 0 Å². The van der Waals surface area contributed by atoms with Crippen molar-refractivity contribution in [2.75, 3.05) is 0 Å². The number of hydrogen-bond donors (Lipinski definition) is 2. The molecule has 4 heteroatoms. The third kappa shape index (κ3) is 1.27. The molecule has 0 aliphatic carbocycles. The SMILES string of the molecule is CCC1=C[N]C(O)N=C1O. The van der Waals surface area contributed by atoms with Gasteiger partial charge in [-0.15, -0.1) is 0 Å². The van der Waals surface area contributed by atoms with Crippen LogP contribution in [0.4, 0.5) is 0 Å². The normalized spacial score (nSPS) is 24.8. The van der Waals surface area contributed by atoms with Crippen molar-refractivity contribution in [3.63, 3.8) is 0 Å². The van der Waals surface area contributed by atoms with Gasteiger partial charge in [0.15, 0.2) is 0 Å². The van der Waals surface area contributed by atoms with Gasteiger partial charge < -0.3 is 10.2 Å². The number of aliphatic hydroxyl groups is 2. The Bertz CT molecular complexity index is 186. The average Bonchev–Trinajstić information content (AvgIpc) is 1.88. The minimum Gasteiger partial charge on any atom is -0.493 e. The van der Waals surface area contributed by atoms with Crippen LogP contribution in [0.15, 0.2) is 16.8 Å². The van der Waals surface area contributed by atoms with Gasteiger partial charge in [-0.1, -0.05) is 6.92 Å². The van der Waals surface area contributed by atoms with Crippen LogP contribution in [-0.4, -0.2) is 22.5 Å². The van der Waals surface area contributed by atoms with Gasteiger partial charge in [-0.05, 0) is 6.42 Å². The zero-order valence-corrected chi connectivity index (χ0v) is 5.65. The summed E-state index contributed by atoms with van der Waals surface area (Å²) in [5.41, 5.74) is 0.658. The molecule has 0 aromatic heterocycles. The van der Waals surface area contributed by atoms with Crippen molar-refractivity contribution in [3.05, 3.63) is 11.8 Å². The maximum absolute atomic E-state index is 9.00. The van der Waals surface area contributed by atoms with Gasteiger partial charge in [-0.25, -0.2) is 5.32 Å². The highest BCUT2D eigenvalue weighted by Gasteiger charge is 2.12. The molecule has 0 amide bonds. The van der Waals surface area contributed by atoms with Crippen molar-refractivity contribution < 1.29 is 10.2 Å². The van der Waals surface area contributed by atoms with Crippen LogP contribution in [0.5, 0.6) is 0 Å². The summed E-state index contributed by atoms with van der Waals surface area (Å²) in [4.78, 5) is 3.43. The molecule has 1 unspecified atom stereocenters. The quantitative estimate of drug-likeness (QED) is 0.545. The fourth-order valence-corrected chi connectivity index (χ4v) is 0.689. The lowest BCUT2D eigenvalue weighted by atomic mass is 10.2. The third-order valence-electron chi connectivity index (χ3n) is 1.27. The molecule has 1 radical (unpaired) electrons. The van der Waals surface area contributed by atoms with E-state index in [1.807, 2.05) is 6.92 Å². The molecule has 0 aromatic rings. The van der Waals surface area contributed by atoms with Crippen molar-refractivity contribution in [1.29, 1.82) is 0 Å². The molecule has 55 valence electrons. The molecule has 2 N–H and O–H groups in total. The fourth-order valence-electron chi connectivity index (χ4n) is 0.689. The second-order valence-electron chi connectivity index (χ2n) is 1.96. The summed E-state index contributed by atoms with van der Waals surface area (Å²) in [7, 11) is 0. The lowest BCUT2D eigenvalue weighted by Gasteiger charge is -2.11. The smallest absolute Gasteiger partial charge is 0.246 e. The molecule has 0 aromatic carbocycles. The first-order valence-corrected chi connectivity index (χ1v) is 3.08. The third-order valence-corrected chi connectivity index (χ3v) is 1.27. The van der Waals surface area contributed by atoms with Gasteiger partial charge in [0.1, 0.15) is 0 Å². The van der Waals surface area contributed by atoms with Crippen LogP contribution in [-0.2, 0) is 0 Å². The molecule has 0 spiro atoms. The van der Waals surface area contributed by atoms with E-state index in [0.29, 0.717) is 12.0 Å². The second-order valence-corrected chi connectivity index (χ2v) is 1.96. The van der Waals surface area contributed by atoms with Crippen LogP contribution in [0.25, 0.3) is 0 Å². The van der Waals surface area contributed by atoms with Crippen LogP contribution in [0.1, 0.15) is 13.3 Å². The molecule has 0 fully saturated rings. The van der Waals surface area contributed by atoms with E-state index in [1.54, 1.807) is 0 Å². The topological polar surface area (TPSA) is 66.9 Å². The maximum atomic E-state index is 9.00. The largest absolute Gasteiger partial charge is 0.493 e. The van der Waals surface area contributed by atoms with Crippen molar-refractivity contribution >= 4 is 5.90 Å². The van der Waals surface area contributed by atoms with E-state index >= 15 is 0 Å². The van der Waals surface area contributed by atoms with E-state index < -0.39 is 6.35 Å². The van der Waals surface area contributed by atoms with Crippen LogP contribution in [0.2, 0.25) is 0 Å². The predicted molar refractivity (Wildman–Crippen MR) is 36.6 cm³/mol. The van der Waals surface area contributed by atoms with E-state index in [0.717, 1.165) is 0 Å². The van der Waals surface area contributed by atoms with Gasteiger partial charge in [0.2, 0.25) is 12.2 Å². The number of rotatable bonds is 1. The summed E-state index contributed by atoms with van der Waals surface area (Å²) in [6.07, 6.45) is 0.994. The number of aliphatic imine (C=N–C) groups is 1. The monoisotopic (exact) mass is 141 g/mol. The summed E-state index contributed by atoms with van der Waals surface area (Å²) < 4.78 is 0. The standard InChI is InChI=1S/C6H9N2O2/c1-2-4-3-7-6(10)8-5(4)9/h3,6,10H,2H2,1H3,(H,8,9). The molecule has 0 saturated heterocycles. The Morgan fingerprint density at radius 1 is 1.70 bits per heavy atom. The minimum absolute atomic E-state index is 0.106. The van der Waals surface area contributed by atoms with Gasteiger partial charge in [0, 0.05) is 11.8 Å². The molecule has 1 aliphatic heterocycles. The van der Waals surface area contributed by atoms with Crippen LogP contribution < -0.4 is 5.32 Å². The van der Waals surface area contributed by atoms with Crippen molar-refractivity contribution in [3.8, 4) is 0 Å². The summed E-state index contributed by atoms with van der Waals surface area (Å²) >= 11 is 0. The zero-order chi connectivity index (χ0) is 7.56. The van der Waals surface area contributed by atoms with Crippen LogP contribution >= 0.6 is 0 Å². The van der Waals surface area contributed by atoms with E-state index in [4.69, 9.17) is 10.2 Å². The second kappa shape index (κ2) is 2.70. The molecule has 10 heavy (non-hydrogen) atoms. The molecule has 1 heterocycles. The Kier molecular flexibility index (Phi) is 1.91. The van der Waals surface area contributed by atoms with E-state index in [2.05, 4.69) is 10.3 Å². The van der Waals surface area contributed by atoms with E-state index in [-0.39, 0.29) is 5.90 Å². The molecule has 0 bridgehead atoms. The lowest BCUT2D eigenvalue weighted by molar-refractivity contribution is 0.154. The van der Waals surface area contributed by atoms with Crippen molar-refractivity contribution in [2.45, 2.75) is 19.7 Å². The number of aliphatic hydroxyl groups excluding tert-OH is 2. The fraction of sp³-hybridized carbons (Fsp3) is 0.500. The minimum atomic E-state index is -1.12. The number of nitrogens with zero attached hydrogens (tertiary/aromatic N) is 2. The maximum Gasteiger partial charge on any atom is 0.246 e. The summed E-state index contributed by atoms with van der Waals surface area (Å²) in [5, 5.41) is 21.3. The first-order chi connectivity index (χ1) is 4.74. The predicted octanol–water partition coefficient (Wildman–Crippen LogP) is 0.131. The molecule has 1 atom stereocenters. The molecular formula is C6H9N2O2. The molecule has 1 aliphatic rings. The first kappa shape index (κ1) is 7.08. The van der Waals surface area contributed by atoms with Crippen molar-refractivity contribution in [2.24, 2.45) is 4.99 Å². The van der Waals surface area contributed by atoms with E-state index in [9.17, 15) is 0 Å². The Hall–Kier alpha value is -1.03. The Morgan fingerprint density at radius 2 is 2.40 bits per heavy atom. The Balaban J connectivity index is 2.71. The molecular weight excluding hydrogens is 132 g/mol. The number of hydrogen-bond acceptors (Lipinski definition) is 2. The molecule has 1 rings (SSSR count). The summed E-state index contributed by atoms with van der Waals surface area (Å²) in [6.45, 7) is 1.88. The highest BCUT2D eigenvalue weighted by molar-refractivity contribution is 5.92. The first-order valence-electron chi connectivity index (χ1n) is 3.08. The van der Waals surface area contributed by atoms with Crippen LogP contribution in [0.3, 0.4) is 0 Å². The highest BCUT2D eigenvalue weighted by atomic mass is 16.3. The molecule has 0 saturated carbocycles. The average molecular weight is 141 g/mol. The lowest BCUT2D eigenvalue weighted by Crippen LogP contribution is -2.23. The van der Waals surface area contributed by atoms with E-state index in [1.165, 1.54) is 6.20 Å². The van der Waals surface area contributed by atoms with Gasteiger partial charge in [0.05, 0.1) is 0 Å². The Labute approximate surface area is 58.9 Å². The zero-order valence-electron chi connectivity index (χ0n) is 5.65. The van der Waals surface area contributed by atoms with Gasteiger partial charge >= 0.3 is 0 Å². The Morgan fingerprint density at radius 3 is 2.90 bits per heavy atom. The van der Waals surface area contributed by atoms with Crippen LogP contribution in [0, 0.1) is 0 Å². The summed E-state index contributed by atoms with van der Waals surface area (Å²) in [6, 6.07) is 0. The van der Waals surface area contributed by atoms with Gasteiger partial charge in [-0.2, -0.15) is 4.99 Å².